The Morgan fingerprint density at radius 1 is 1.17 bits per heavy atom. The molecular formula is C31H40N6O4. The number of aryl methyl sites for hydroxylation is 1. The first-order valence-corrected chi connectivity index (χ1v) is 14.9. The molecular weight excluding hydrogens is 520 g/mol. The summed E-state index contributed by atoms with van der Waals surface area (Å²) < 4.78 is 11.2. The van der Waals surface area contributed by atoms with Gasteiger partial charge in [0.15, 0.2) is 12.2 Å². The van der Waals surface area contributed by atoms with Crippen LogP contribution in [0.15, 0.2) is 41.1 Å². The number of anilines is 2. The van der Waals surface area contributed by atoms with Crippen LogP contribution in [0.1, 0.15) is 71.5 Å². The van der Waals surface area contributed by atoms with E-state index in [9.17, 15) is 9.90 Å². The number of oxazole rings is 1. The lowest BCUT2D eigenvalue weighted by Gasteiger charge is -2.31. The Kier molecular flexibility index (Phi) is 8.38. The standard InChI is InChI=1S/C31H40N6O4/c1-20-28(41-19-34-20)18-40-25-9-8-21-13-26(32-16-23(21)12-25)27(38)17-33-31(39)22-14-29(35-24-6-5-7-24)36-30(15-22)37-10-3-2-4-11-37/h8-9,12,14-15,19,24,26-27,32,38H,2-7,10-11,13,16-18H2,1H3,(H,33,39)(H,35,36)/t26-,27?/m0/s1. The van der Waals surface area contributed by atoms with Crippen LogP contribution in [-0.2, 0) is 19.6 Å². The molecule has 1 saturated heterocycles. The van der Waals surface area contributed by atoms with Gasteiger partial charge in [-0.05, 0) is 87.3 Å². The molecule has 10 nitrogen and oxygen atoms in total. The molecule has 0 bridgehead atoms. The highest BCUT2D eigenvalue weighted by atomic mass is 16.5. The van der Waals surface area contributed by atoms with E-state index in [1.807, 2.05) is 37.3 Å². The van der Waals surface area contributed by atoms with Crippen molar-refractivity contribution < 1.29 is 19.1 Å². The average molecular weight is 561 g/mol. The molecule has 4 heterocycles. The summed E-state index contributed by atoms with van der Waals surface area (Å²) in [5.74, 6) is 2.89. The molecule has 2 aliphatic heterocycles. The minimum Gasteiger partial charge on any atom is -0.486 e. The van der Waals surface area contributed by atoms with Crippen LogP contribution in [0.2, 0.25) is 0 Å². The smallest absolute Gasteiger partial charge is 0.251 e. The molecule has 41 heavy (non-hydrogen) atoms. The number of carbonyl (C=O) groups excluding carboxylic acids is 1. The number of piperidine rings is 1. The second-order valence-corrected chi connectivity index (χ2v) is 11.5. The van der Waals surface area contributed by atoms with E-state index >= 15 is 0 Å². The third-order valence-corrected chi connectivity index (χ3v) is 8.53. The number of hydrogen-bond donors (Lipinski definition) is 4. The van der Waals surface area contributed by atoms with Crippen LogP contribution in [0, 0.1) is 6.92 Å². The fourth-order valence-electron chi connectivity index (χ4n) is 5.70. The number of carbonyl (C=O) groups is 1. The molecule has 1 unspecified atom stereocenters. The number of nitrogens with one attached hydrogen (secondary N) is 3. The number of rotatable bonds is 10. The van der Waals surface area contributed by atoms with E-state index in [0.717, 1.165) is 73.0 Å². The van der Waals surface area contributed by atoms with Crippen molar-refractivity contribution in [3.63, 3.8) is 0 Å². The van der Waals surface area contributed by atoms with Crippen molar-refractivity contribution in [2.75, 3.05) is 29.9 Å². The Labute approximate surface area is 240 Å². The molecule has 2 atom stereocenters. The largest absolute Gasteiger partial charge is 0.486 e. The van der Waals surface area contributed by atoms with Gasteiger partial charge < -0.3 is 35.1 Å². The summed E-state index contributed by atoms with van der Waals surface area (Å²) >= 11 is 0. The lowest BCUT2D eigenvalue weighted by atomic mass is 9.92. The lowest BCUT2D eigenvalue weighted by Crippen LogP contribution is -2.49. The van der Waals surface area contributed by atoms with E-state index in [-0.39, 0.29) is 18.5 Å². The van der Waals surface area contributed by atoms with Crippen LogP contribution in [0.5, 0.6) is 5.75 Å². The molecule has 0 spiro atoms. The second kappa shape index (κ2) is 12.5. The molecule has 2 aromatic heterocycles. The highest BCUT2D eigenvalue weighted by Crippen LogP contribution is 2.27. The molecule has 1 saturated carbocycles. The van der Waals surface area contributed by atoms with Crippen LogP contribution in [0.4, 0.5) is 11.6 Å². The van der Waals surface area contributed by atoms with E-state index in [1.165, 1.54) is 19.2 Å². The maximum Gasteiger partial charge on any atom is 0.251 e. The van der Waals surface area contributed by atoms with E-state index in [0.29, 0.717) is 36.9 Å². The van der Waals surface area contributed by atoms with Crippen molar-refractivity contribution in [2.24, 2.45) is 0 Å². The summed E-state index contributed by atoms with van der Waals surface area (Å²) in [6.07, 6.45) is 8.38. The first kappa shape index (κ1) is 27.5. The van der Waals surface area contributed by atoms with E-state index in [2.05, 4.69) is 25.8 Å². The molecule has 3 aromatic rings. The van der Waals surface area contributed by atoms with Gasteiger partial charge in [0, 0.05) is 43.8 Å². The van der Waals surface area contributed by atoms with Crippen LogP contribution < -0.4 is 25.6 Å². The van der Waals surface area contributed by atoms with E-state index < -0.39 is 6.10 Å². The number of aromatic nitrogens is 2. The van der Waals surface area contributed by atoms with Gasteiger partial charge in [0.2, 0.25) is 0 Å². The highest BCUT2D eigenvalue weighted by molar-refractivity contribution is 5.95. The summed E-state index contributed by atoms with van der Waals surface area (Å²) in [6, 6.07) is 10.0. The summed E-state index contributed by atoms with van der Waals surface area (Å²) in [5, 5.41) is 20.9. The van der Waals surface area contributed by atoms with Crippen molar-refractivity contribution in [3.8, 4) is 5.75 Å². The molecule has 2 fully saturated rings. The number of aliphatic hydroxyl groups is 1. The van der Waals surface area contributed by atoms with Crippen LogP contribution in [-0.4, -0.2) is 58.8 Å². The van der Waals surface area contributed by atoms with Gasteiger partial charge in [-0.2, -0.15) is 0 Å². The van der Waals surface area contributed by atoms with Gasteiger partial charge >= 0.3 is 0 Å². The zero-order valence-corrected chi connectivity index (χ0v) is 23.7. The van der Waals surface area contributed by atoms with E-state index in [4.69, 9.17) is 14.1 Å². The van der Waals surface area contributed by atoms with Gasteiger partial charge in [-0.15, -0.1) is 0 Å². The molecule has 1 aliphatic carbocycles. The number of benzene rings is 1. The number of hydrogen-bond acceptors (Lipinski definition) is 9. The molecule has 4 N–H and O–H groups in total. The number of fused-ring (bicyclic) bond motifs is 1. The monoisotopic (exact) mass is 560 g/mol. The van der Waals surface area contributed by atoms with Gasteiger partial charge in [0.05, 0.1) is 11.8 Å². The topological polar surface area (TPSA) is 125 Å². The van der Waals surface area contributed by atoms with Crippen molar-refractivity contribution >= 4 is 17.5 Å². The number of amides is 1. The Bertz CT molecular complexity index is 1350. The quantitative estimate of drug-likeness (QED) is 0.294. The summed E-state index contributed by atoms with van der Waals surface area (Å²) in [5.41, 5.74) is 3.70. The average Bonchev–Trinajstić information content (AvgIpc) is 3.40. The normalized spacial score (nSPS) is 19.7. The predicted octanol–water partition coefficient (Wildman–Crippen LogP) is 3.72. The zero-order chi connectivity index (χ0) is 28.2. The molecule has 1 aromatic carbocycles. The van der Waals surface area contributed by atoms with Crippen LogP contribution in [0.25, 0.3) is 0 Å². The Morgan fingerprint density at radius 3 is 2.78 bits per heavy atom. The van der Waals surface area contributed by atoms with Crippen LogP contribution >= 0.6 is 0 Å². The van der Waals surface area contributed by atoms with Gasteiger partial charge in [0.1, 0.15) is 24.0 Å². The van der Waals surface area contributed by atoms with Gasteiger partial charge in [-0.1, -0.05) is 6.07 Å². The maximum atomic E-state index is 13.3. The van der Waals surface area contributed by atoms with Crippen LogP contribution in [0.3, 0.4) is 0 Å². The SMILES string of the molecule is Cc1ncoc1COc1ccc2c(c1)CN[C@H](C(O)CNC(=O)c1cc(NC3CCC3)nc(N3CCCCC3)c1)C2. The number of nitrogens with zero attached hydrogens (tertiary/aromatic N) is 3. The maximum absolute atomic E-state index is 13.3. The first-order valence-electron chi connectivity index (χ1n) is 14.9. The van der Waals surface area contributed by atoms with Crippen molar-refractivity contribution in [3.05, 3.63) is 64.9 Å². The predicted molar refractivity (Wildman–Crippen MR) is 156 cm³/mol. The molecule has 10 heteroatoms. The zero-order valence-electron chi connectivity index (χ0n) is 23.7. The lowest BCUT2D eigenvalue weighted by molar-refractivity contribution is 0.0870. The summed E-state index contributed by atoms with van der Waals surface area (Å²) in [4.78, 5) is 24.5. The number of ether oxygens (including phenoxy) is 1. The number of aliphatic hydroxyl groups excluding tert-OH is 1. The molecule has 218 valence electrons. The van der Waals surface area contributed by atoms with Crippen molar-refractivity contribution in [1.29, 1.82) is 0 Å². The molecule has 3 aliphatic rings. The third-order valence-electron chi connectivity index (χ3n) is 8.53. The van der Waals surface area contributed by atoms with Gasteiger partial charge in [0.25, 0.3) is 5.91 Å². The fourth-order valence-corrected chi connectivity index (χ4v) is 5.70. The Morgan fingerprint density at radius 2 is 2.02 bits per heavy atom. The minimum absolute atomic E-state index is 0.163. The third kappa shape index (κ3) is 6.65. The molecule has 6 rings (SSSR count). The number of pyridine rings is 1. The van der Waals surface area contributed by atoms with Gasteiger partial charge in [-0.25, -0.2) is 9.97 Å². The summed E-state index contributed by atoms with van der Waals surface area (Å²) in [7, 11) is 0. The van der Waals surface area contributed by atoms with E-state index in [1.54, 1.807) is 0 Å². The first-order chi connectivity index (χ1) is 20.0. The molecule has 0 radical (unpaired) electrons. The Balaban J connectivity index is 1.05. The van der Waals surface area contributed by atoms with Gasteiger partial charge in [-0.3, -0.25) is 4.79 Å². The summed E-state index contributed by atoms with van der Waals surface area (Å²) in [6.45, 7) is 4.92. The highest BCUT2D eigenvalue weighted by Gasteiger charge is 2.26. The minimum atomic E-state index is -0.728. The Hall–Kier alpha value is -3.63. The fraction of sp³-hybridized carbons (Fsp3) is 0.516. The second-order valence-electron chi connectivity index (χ2n) is 11.5. The van der Waals surface area contributed by atoms with Crippen molar-refractivity contribution in [2.45, 2.75) is 83.2 Å². The van der Waals surface area contributed by atoms with Crippen molar-refractivity contribution in [1.82, 2.24) is 20.6 Å². The molecule has 1 amide bonds.